The van der Waals surface area contributed by atoms with Crippen molar-refractivity contribution in [2.24, 2.45) is 0 Å². The van der Waals surface area contributed by atoms with E-state index in [0.29, 0.717) is 22.8 Å². The van der Waals surface area contributed by atoms with Gasteiger partial charge in [0, 0.05) is 33.3 Å². The van der Waals surface area contributed by atoms with Crippen molar-refractivity contribution in [3.8, 4) is 17.2 Å². The minimum atomic E-state index is 0.184. The summed E-state index contributed by atoms with van der Waals surface area (Å²) < 4.78 is 16.5. The van der Waals surface area contributed by atoms with Gasteiger partial charge in [-0.05, 0) is 25.7 Å². The fourth-order valence-electron chi connectivity index (χ4n) is 2.12. The van der Waals surface area contributed by atoms with Gasteiger partial charge >= 0.3 is 0 Å². The van der Waals surface area contributed by atoms with Crippen LogP contribution in [0.2, 0.25) is 0 Å². The molecule has 1 aromatic rings. The molecule has 1 aliphatic rings. The van der Waals surface area contributed by atoms with E-state index in [0.717, 1.165) is 19.1 Å². The minimum absolute atomic E-state index is 0.184. The van der Waals surface area contributed by atoms with Gasteiger partial charge < -0.3 is 12.0 Å². The van der Waals surface area contributed by atoms with E-state index in [1.165, 1.54) is 22.1 Å². The molecule has 0 amide bonds. The van der Waals surface area contributed by atoms with Gasteiger partial charge in [0.05, 0.1) is 11.7 Å². The SMILES string of the molecule is O=Cc1c(OI)cc(OSI)cc1OC1CCCC1. The summed E-state index contributed by atoms with van der Waals surface area (Å²) in [6.07, 6.45) is 5.37. The quantitative estimate of drug-likeness (QED) is 0.312. The lowest BCUT2D eigenvalue weighted by Crippen LogP contribution is -2.12. The number of aldehydes is 1. The number of hydrogen-bond acceptors (Lipinski definition) is 5. The molecule has 0 spiro atoms. The molecule has 19 heavy (non-hydrogen) atoms. The normalized spacial score (nSPS) is 15.3. The predicted molar refractivity (Wildman–Crippen MR) is 91.6 cm³/mol. The van der Waals surface area contributed by atoms with Crippen LogP contribution in [-0.2, 0) is 0 Å². The van der Waals surface area contributed by atoms with E-state index in [4.69, 9.17) is 12.0 Å². The second-order valence-corrected chi connectivity index (χ2v) is 6.01. The molecule has 104 valence electrons. The van der Waals surface area contributed by atoms with Crippen molar-refractivity contribution in [2.45, 2.75) is 31.8 Å². The van der Waals surface area contributed by atoms with Crippen LogP contribution in [0.1, 0.15) is 36.0 Å². The number of hydrogen-bond donors (Lipinski definition) is 0. The Labute approximate surface area is 142 Å². The number of ether oxygens (including phenoxy) is 1. The van der Waals surface area contributed by atoms with E-state index in [2.05, 4.69) is 0 Å². The Morgan fingerprint density at radius 3 is 2.53 bits per heavy atom. The summed E-state index contributed by atoms with van der Waals surface area (Å²) in [5, 5.41) is 0. The first kappa shape index (κ1) is 15.5. The molecule has 0 saturated heterocycles. The van der Waals surface area contributed by atoms with Crippen LogP contribution < -0.4 is 12.0 Å². The third kappa shape index (κ3) is 4.03. The third-order valence-corrected chi connectivity index (χ3v) is 4.27. The molecule has 1 aliphatic carbocycles. The number of benzene rings is 1. The van der Waals surface area contributed by atoms with Crippen LogP contribution in [0.15, 0.2) is 12.1 Å². The van der Waals surface area contributed by atoms with Crippen LogP contribution in [0.5, 0.6) is 17.2 Å². The van der Waals surface area contributed by atoms with Crippen molar-refractivity contribution in [1.82, 2.24) is 0 Å². The molecule has 2 rings (SSSR count). The summed E-state index contributed by atoms with van der Waals surface area (Å²) in [5.74, 6) is 1.62. The van der Waals surface area contributed by atoms with Crippen molar-refractivity contribution in [3.05, 3.63) is 17.7 Å². The second kappa shape index (κ2) is 7.77. The number of carbonyl (C=O) groups excluding carboxylic acids is 1. The third-order valence-electron chi connectivity index (χ3n) is 3.00. The van der Waals surface area contributed by atoms with Crippen molar-refractivity contribution in [1.29, 1.82) is 0 Å². The first-order chi connectivity index (χ1) is 9.28. The first-order valence-corrected chi connectivity index (χ1v) is 9.98. The average molecular weight is 506 g/mol. The molecule has 0 N–H and O–H groups in total. The summed E-state index contributed by atoms with van der Waals surface area (Å²) in [6, 6.07) is 3.43. The molecular weight excluding hydrogens is 494 g/mol. The van der Waals surface area contributed by atoms with E-state index in [-0.39, 0.29) is 6.10 Å². The van der Waals surface area contributed by atoms with Crippen molar-refractivity contribution in [3.63, 3.8) is 0 Å². The Hall–Kier alpha value is 0.1000. The van der Waals surface area contributed by atoms with Crippen LogP contribution in [0.3, 0.4) is 0 Å². The predicted octanol–water partition coefficient (Wildman–Crippen LogP) is 4.93. The van der Waals surface area contributed by atoms with E-state index in [1.54, 1.807) is 35.1 Å². The highest BCUT2D eigenvalue weighted by Crippen LogP contribution is 2.37. The average Bonchev–Trinajstić information content (AvgIpc) is 2.91. The molecule has 0 bridgehead atoms. The Kier molecular flexibility index (Phi) is 6.33. The summed E-state index contributed by atoms with van der Waals surface area (Å²) in [5.41, 5.74) is 0.437. The maximum absolute atomic E-state index is 11.2. The van der Waals surface area contributed by atoms with Crippen LogP contribution in [0, 0.1) is 0 Å². The standard InChI is InChI=1S/C12H12I2O4S/c13-17-12-6-9(18-19-14)5-11(10(12)7-15)16-8-3-1-2-4-8/h5-8H,1-4H2. The molecule has 0 heterocycles. The molecule has 0 aliphatic heterocycles. The highest BCUT2D eigenvalue weighted by atomic mass is 127. The monoisotopic (exact) mass is 506 g/mol. The Balaban J connectivity index is 2.30. The second-order valence-electron chi connectivity index (χ2n) is 4.20. The van der Waals surface area contributed by atoms with Gasteiger partial charge in [0.25, 0.3) is 0 Å². The zero-order valence-electron chi connectivity index (χ0n) is 9.93. The van der Waals surface area contributed by atoms with Gasteiger partial charge in [-0.25, -0.2) is 0 Å². The highest BCUT2D eigenvalue weighted by molar-refractivity contribution is 14.2. The lowest BCUT2D eigenvalue weighted by Gasteiger charge is -2.16. The van der Waals surface area contributed by atoms with Gasteiger partial charge in [-0.1, -0.05) is 0 Å². The smallest absolute Gasteiger partial charge is 0.192 e. The lowest BCUT2D eigenvalue weighted by molar-refractivity contribution is 0.111. The zero-order valence-corrected chi connectivity index (χ0v) is 15.1. The van der Waals surface area contributed by atoms with Crippen LogP contribution in [0.25, 0.3) is 0 Å². The fraction of sp³-hybridized carbons (Fsp3) is 0.417. The topological polar surface area (TPSA) is 44.8 Å². The van der Waals surface area contributed by atoms with Crippen LogP contribution >= 0.6 is 53.4 Å². The molecule has 1 fully saturated rings. The van der Waals surface area contributed by atoms with Gasteiger partial charge in [-0.3, -0.25) is 4.79 Å². The Morgan fingerprint density at radius 1 is 1.26 bits per heavy atom. The molecule has 1 saturated carbocycles. The largest absolute Gasteiger partial charge is 0.489 e. The van der Waals surface area contributed by atoms with E-state index in [1.807, 2.05) is 21.2 Å². The number of carbonyl (C=O) groups is 1. The molecule has 0 atom stereocenters. The molecule has 7 heteroatoms. The number of halogens is 2. The molecule has 1 aromatic carbocycles. The van der Waals surface area contributed by atoms with Crippen LogP contribution in [0.4, 0.5) is 0 Å². The van der Waals surface area contributed by atoms with Gasteiger partial charge in [0.1, 0.15) is 20.7 Å². The zero-order chi connectivity index (χ0) is 13.7. The summed E-state index contributed by atoms with van der Waals surface area (Å²) >= 11 is 3.79. The van der Waals surface area contributed by atoms with E-state index in [9.17, 15) is 4.79 Å². The summed E-state index contributed by atoms with van der Waals surface area (Å²) in [7, 11) is 1.21. The van der Waals surface area contributed by atoms with Gasteiger partial charge in [0.15, 0.2) is 35.0 Å². The van der Waals surface area contributed by atoms with Crippen molar-refractivity contribution in [2.75, 3.05) is 0 Å². The van der Waals surface area contributed by atoms with Gasteiger partial charge in [0.2, 0.25) is 0 Å². The molecular formula is C12H12I2O4S. The first-order valence-electron chi connectivity index (χ1n) is 5.82. The van der Waals surface area contributed by atoms with Crippen molar-refractivity contribution < 1.29 is 16.8 Å². The lowest BCUT2D eigenvalue weighted by atomic mass is 10.2. The number of rotatable bonds is 6. The van der Waals surface area contributed by atoms with E-state index < -0.39 is 0 Å². The maximum Gasteiger partial charge on any atom is 0.192 e. The van der Waals surface area contributed by atoms with E-state index >= 15 is 0 Å². The minimum Gasteiger partial charge on any atom is -0.489 e. The Bertz CT molecular complexity index is 450. The maximum atomic E-state index is 11.2. The van der Waals surface area contributed by atoms with Crippen LogP contribution in [-0.4, -0.2) is 12.4 Å². The highest BCUT2D eigenvalue weighted by Gasteiger charge is 2.21. The fourth-order valence-corrected chi connectivity index (χ4v) is 3.28. The molecule has 0 aromatic heterocycles. The van der Waals surface area contributed by atoms with Gasteiger partial charge in [-0.15, -0.1) is 0 Å². The summed E-state index contributed by atoms with van der Waals surface area (Å²) in [6.45, 7) is 0. The summed E-state index contributed by atoms with van der Waals surface area (Å²) in [4.78, 5) is 11.2. The molecule has 0 unspecified atom stereocenters. The molecule has 4 nitrogen and oxygen atoms in total. The van der Waals surface area contributed by atoms with Gasteiger partial charge in [-0.2, -0.15) is 0 Å². The molecule has 0 radical (unpaired) electrons. The Morgan fingerprint density at radius 2 is 1.95 bits per heavy atom. The van der Waals surface area contributed by atoms with Crippen molar-refractivity contribution >= 4 is 59.7 Å².